The molecule has 3 N–H and O–H groups in total. The van der Waals surface area contributed by atoms with Crippen molar-refractivity contribution < 1.29 is 14.2 Å². The van der Waals surface area contributed by atoms with E-state index in [0.717, 1.165) is 22.6 Å². The normalized spacial score (nSPS) is 16.4. The van der Waals surface area contributed by atoms with Crippen LogP contribution in [0.15, 0.2) is 35.7 Å². The van der Waals surface area contributed by atoms with Crippen LogP contribution in [0.4, 0.5) is 0 Å². The maximum atomic E-state index is 9.60. The number of benzene rings is 1. The molecule has 7 nitrogen and oxygen atoms in total. The smallest absolute Gasteiger partial charge is 0.244 e. The molecule has 0 unspecified atom stereocenters. The fraction of sp³-hybridized carbons (Fsp3) is 0.333. The standard InChI is InChI=1S/C18H20N4O3/c1-10(2)24-12-6-4-11(5-7-12)15-13(8-19)17(20)25-18-16(15)14(9-23-3)21-22-18/h4-7,10,15H,9,20H2,1-3H3,(H,21,22)/t15-/m1/s1. The average molecular weight is 340 g/mol. The number of fused-ring (bicyclic) bond motifs is 1. The lowest BCUT2D eigenvalue weighted by molar-refractivity contribution is 0.180. The molecule has 0 saturated carbocycles. The summed E-state index contributed by atoms with van der Waals surface area (Å²) in [5, 5.41) is 16.7. The number of aromatic nitrogens is 2. The van der Waals surface area contributed by atoms with Crippen LogP contribution in [-0.4, -0.2) is 23.4 Å². The van der Waals surface area contributed by atoms with Crippen molar-refractivity contribution in [3.63, 3.8) is 0 Å². The lowest BCUT2D eigenvalue weighted by Gasteiger charge is -2.24. The molecule has 0 fully saturated rings. The summed E-state index contributed by atoms with van der Waals surface area (Å²) in [5.74, 6) is 0.839. The van der Waals surface area contributed by atoms with E-state index in [4.69, 9.17) is 19.9 Å². The maximum Gasteiger partial charge on any atom is 0.244 e. The monoisotopic (exact) mass is 340 g/mol. The molecule has 0 aliphatic carbocycles. The van der Waals surface area contributed by atoms with Crippen LogP contribution in [0.2, 0.25) is 0 Å². The van der Waals surface area contributed by atoms with Crippen LogP contribution in [0.25, 0.3) is 0 Å². The van der Waals surface area contributed by atoms with Crippen molar-refractivity contribution in [2.24, 2.45) is 5.73 Å². The molecule has 0 amide bonds. The highest BCUT2D eigenvalue weighted by Gasteiger charge is 2.35. The van der Waals surface area contributed by atoms with Gasteiger partial charge in [-0.3, -0.25) is 5.10 Å². The van der Waals surface area contributed by atoms with E-state index in [-0.39, 0.29) is 17.9 Å². The number of H-pyrrole nitrogens is 1. The number of hydrogen-bond acceptors (Lipinski definition) is 6. The Bertz CT molecular complexity index is 831. The molecular formula is C18H20N4O3. The van der Waals surface area contributed by atoms with Gasteiger partial charge in [-0.25, -0.2) is 0 Å². The molecule has 1 aliphatic rings. The summed E-state index contributed by atoms with van der Waals surface area (Å²) in [7, 11) is 1.60. The number of nitrogens with zero attached hydrogens (tertiary/aromatic N) is 2. The Morgan fingerprint density at radius 1 is 1.36 bits per heavy atom. The van der Waals surface area contributed by atoms with Gasteiger partial charge in [0.05, 0.1) is 29.9 Å². The van der Waals surface area contributed by atoms with Crippen molar-refractivity contribution in [1.82, 2.24) is 10.2 Å². The third kappa shape index (κ3) is 3.16. The zero-order valence-electron chi connectivity index (χ0n) is 14.4. The second-order valence-corrected chi connectivity index (χ2v) is 6.01. The van der Waals surface area contributed by atoms with Crippen molar-refractivity contribution in [3.8, 4) is 17.7 Å². The topological polar surface area (TPSA) is 106 Å². The van der Waals surface area contributed by atoms with Crippen molar-refractivity contribution in [2.45, 2.75) is 32.5 Å². The van der Waals surface area contributed by atoms with Crippen molar-refractivity contribution in [2.75, 3.05) is 7.11 Å². The van der Waals surface area contributed by atoms with Gasteiger partial charge in [0.15, 0.2) is 0 Å². The Morgan fingerprint density at radius 3 is 2.68 bits per heavy atom. The van der Waals surface area contributed by atoms with Gasteiger partial charge in [0.1, 0.15) is 17.4 Å². The molecule has 0 saturated heterocycles. The zero-order valence-corrected chi connectivity index (χ0v) is 14.4. The summed E-state index contributed by atoms with van der Waals surface area (Å²) in [6, 6.07) is 9.77. The summed E-state index contributed by atoms with van der Waals surface area (Å²) < 4.78 is 16.4. The Hall–Kier alpha value is -2.98. The van der Waals surface area contributed by atoms with Crippen LogP contribution >= 0.6 is 0 Å². The molecule has 0 bridgehead atoms. The number of rotatable bonds is 5. The molecule has 3 rings (SSSR count). The number of methoxy groups -OCH3 is 1. The van der Waals surface area contributed by atoms with E-state index in [9.17, 15) is 5.26 Å². The van der Waals surface area contributed by atoms with Gasteiger partial charge < -0.3 is 19.9 Å². The molecule has 1 aliphatic heterocycles. The van der Waals surface area contributed by atoms with Gasteiger partial charge in [0, 0.05) is 7.11 Å². The number of hydrogen-bond donors (Lipinski definition) is 2. The molecule has 2 aromatic rings. The highest BCUT2D eigenvalue weighted by molar-refractivity contribution is 5.55. The minimum atomic E-state index is -0.370. The number of nitriles is 1. The first kappa shape index (κ1) is 16.9. The van der Waals surface area contributed by atoms with Gasteiger partial charge in [0.2, 0.25) is 11.8 Å². The molecule has 1 aromatic carbocycles. The van der Waals surface area contributed by atoms with Gasteiger partial charge >= 0.3 is 0 Å². The van der Waals surface area contributed by atoms with Crippen LogP contribution in [0, 0.1) is 11.3 Å². The third-order valence-electron chi connectivity index (χ3n) is 3.89. The quantitative estimate of drug-likeness (QED) is 0.866. The minimum Gasteiger partial charge on any atom is -0.491 e. The molecule has 25 heavy (non-hydrogen) atoms. The van der Waals surface area contributed by atoms with Crippen LogP contribution in [0.3, 0.4) is 0 Å². The second kappa shape index (κ2) is 6.87. The first-order valence-electron chi connectivity index (χ1n) is 7.95. The molecule has 7 heteroatoms. The molecule has 1 atom stereocenters. The van der Waals surface area contributed by atoms with E-state index in [2.05, 4.69) is 16.3 Å². The summed E-state index contributed by atoms with van der Waals surface area (Å²) in [6.07, 6.45) is 0.0907. The first-order chi connectivity index (χ1) is 12.0. The maximum absolute atomic E-state index is 9.60. The van der Waals surface area contributed by atoms with Gasteiger partial charge in [0.25, 0.3) is 0 Å². The second-order valence-electron chi connectivity index (χ2n) is 6.01. The van der Waals surface area contributed by atoms with Crippen LogP contribution in [0.5, 0.6) is 11.6 Å². The number of aromatic amines is 1. The zero-order chi connectivity index (χ0) is 18.0. The Balaban J connectivity index is 2.06. The van der Waals surface area contributed by atoms with Gasteiger partial charge in [-0.1, -0.05) is 12.1 Å². The van der Waals surface area contributed by atoms with Crippen LogP contribution in [0.1, 0.15) is 36.6 Å². The number of ether oxygens (including phenoxy) is 3. The minimum absolute atomic E-state index is 0.0676. The fourth-order valence-corrected chi connectivity index (χ4v) is 2.91. The molecule has 2 heterocycles. The highest BCUT2D eigenvalue weighted by Crippen LogP contribution is 2.43. The summed E-state index contributed by atoms with van der Waals surface area (Å²) in [4.78, 5) is 0. The molecule has 1 aromatic heterocycles. The SMILES string of the molecule is COCc1[nH]nc2c1[C@H](c1ccc(OC(C)C)cc1)C(C#N)=C(N)O2. The van der Waals surface area contributed by atoms with E-state index >= 15 is 0 Å². The van der Waals surface area contributed by atoms with Gasteiger partial charge in [-0.2, -0.15) is 5.26 Å². The van der Waals surface area contributed by atoms with E-state index in [1.807, 2.05) is 38.1 Å². The number of nitrogens with two attached hydrogens (primary N) is 1. The predicted molar refractivity (Wildman–Crippen MR) is 90.8 cm³/mol. The van der Waals surface area contributed by atoms with Crippen LogP contribution < -0.4 is 15.2 Å². The summed E-state index contributed by atoms with van der Waals surface area (Å²) >= 11 is 0. The molecule has 130 valence electrons. The lowest BCUT2D eigenvalue weighted by Crippen LogP contribution is -2.21. The Morgan fingerprint density at radius 2 is 2.08 bits per heavy atom. The van der Waals surface area contributed by atoms with E-state index in [0.29, 0.717) is 18.1 Å². The first-order valence-corrected chi connectivity index (χ1v) is 7.95. The third-order valence-corrected chi connectivity index (χ3v) is 3.89. The van der Waals surface area contributed by atoms with E-state index in [1.165, 1.54) is 0 Å². The van der Waals surface area contributed by atoms with Crippen molar-refractivity contribution in [1.29, 1.82) is 5.26 Å². The lowest BCUT2D eigenvalue weighted by atomic mass is 9.84. The van der Waals surface area contributed by atoms with Gasteiger partial charge in [-0.15, -0.1) is 5.10 Å². The van der Waals surface area contributed by atoms with Crippen molar-refractivity contribution >= 4 is 0 Å². The summed E-state index contributed by atoms with van der Waals surface area (Å²) in [5.41, 5.74) is 8.71. The molecule has 0 radical (unpaired) electrons. The Kier molecular flexibility index (Phi) is 4.63. The molecule has 0 spiro atoms. The average Bonchev–Trinajstić information content (AvgIpc) is 2.96. The Labute approximate surface area is 146 Å². The predicted octanol–water partition coefficient (Wildman–Crippen LogP) is 2.56. The van der Waals surface area contributed by atoms with E-state index < -0.39 is 0 Å². The largest absolute Gasteiger partial charge is 0.491 e. The van der Waals surface area contributed by atoms with Gasteiger partial charge in [-0.05, 0) is 31.5 Å². The highest BCUT2D eigenvalue weighted by atomic mass is 16.5. The number of nitrogens with one attached hydrogen (secondary N) is 1. The van der Waals surface area contributed by atoms with Crippen LogP contribution in [-0.2, 0) is 11.3 Å². The van der Waals surface area contributed by atoms with E-state index in [1.54, 1.807) is 7.11 Å². The summed E-state index contributed by atoms with van der Waals surface area (Å²) in [6.45, 7) is 4.27. The number of allylic oxidation sites excluding steroid dienone is 1. The molecular weight excluding hydrogens is 320 g/mol. The van der Waals surface area contributed by atoms with Crippen molar-refractivity contribution in [3.05, 3.63) is 52.5 Å². The fourth-order valence-electron chi connectivity index (χ4n) is 2.91.